The fourth-order valence-corrected chi connectivity index (χ4v) is 3.33. The molecule has 1 aromatic heterocycles. The van der Waals surface area contributed by atoms with Gasteiger partial charge in [0.1, 0.15) is 23.8 Å². The molecule has 2 N–H and O–H groups in total. The van der Waals surface area contributed by atoms with E-state index in [-0.39, 0.29) is 22.2 Å². The summed E-state index contributed by atoms with van der Waals surface area (Å²) in [6.07, 6.45) is 0. The molecule has 1 aromatic carbocycles. The number of H-pyrrole nitrogens is 1. The molecule has 9 nitrogen and oxygen atoms in total. The van der Waals surface area contributed by atoms with Crippen molar-refractivity contribution in [1.29, 1.82) is 0 Å². The van der Waals surface area contributed by atoms with Crippen LogP contribution in [-0.4, -0.2) is 47.9 Å². The zero-order chi connectivity index (χ0) is 19.4. The summed E-state index contributed by atoms with van der Waals surface area (Å²) in [5.74, 6) is 0.179. The molecular formula is C17H17N3O6S. The van der Waals surface area contributed by atoms with Gasteiger partial charge in [-0.2, -0.15) is 4.98 Å². The molecule has 10 heteroatoms. The van der Waals surface area contributed by atoms with Gasteiger partial charge in [-0.15, -0.1) is 0 Å². The van der Waals surface area contributed by atoms with E-state index in [0.717, 1.165) is 11.8 Å². The molecule has 0 unspecified atom stereocenters. The lowest BCUT2D eigenvalue weighted by Crippen LogP contribution is -2.20. The van der Waals surface area contributed by atoms with Gasteiger partial charge in [-0.05, 0) is 19.1 Å². The van der Waals surface area contributed by atoms with Gasteiger partial charge in [-0.1, -0.05) is 11.8 Å². The number of hydrogen-bond donors (Lipinski definition) is 2. The second-order valence-corrected chi connectivity index (χ2v) is 6.50. The molecule has 0 saturated carbocycles. The summed E-state index contributed by atoms with van der Waals surface area (Å²) in [7, 11) is 1.23. The van der Waals surface area contributed by atoms with E-state index in [1.165, 1.54) is 7.11 Å². The van der Waals surface area contributed by atoms with Gasteiger partial charge in [0.05, 0.1) is 12.9 Å². The Hall–Kier alpha value is -3.01. The lowest BCUT2D eigenvalue weighted by atomic mass is 10.2. The number of thioether (sulfide) groups is 1. The van der Waals surface area contributed by atoms with E-state index in [0.29, 0.717) is 36.1 Å². The number of aromatic nitrogens is 2. The number of esters is 1. The van der Waals surface area contributed by atoms with Gasteiger partial charge in [0.2, 0.25) is 5.91 Å². The van der Waals surface area contributed by atoms with Gasteiger partial charge in [0, 0.05) is 17.4 Å². The highest BCUT2D eigenvalue weighted by Crippen LogP contribution is 2.32. The van der Waals surface area contributed by atoms with Crippen molar-refractivity contribution in [2.24, 2.45) is 0 Å². The van der Waals surface area contributed by atoms with Crippen LogP contribution in [0.15, 0.2) is 28.0 Å². The minimum atomic E-state index is -0.633. The number of hydrogen-bond acceptors (Lipinski definition) is 8. The number of aromatic amines is 1. The number of aryl methyl sites for hydroxylation is 1. The predicted octanol–water partition coefficient (Wildman–Crippen LogP) is 1.37. The predicted molar refractivity (Wildman–Crippen MR) is 97.7 cm³/mol. The summed E-state index contributed by atoms with van der Waals surface area (Å²) in [6, 6.07) is 5.09. The summed E-state index contributed by atoms with van der Waals surface area (Å²) in [5.41, 5.74) is 0.411. The first-order valence-corrected chi connectivity index (χ1v) is 8.98. The van der Waals surface area contributed by atoms with Gasteiger partial charge in [-0.3, -0.25) is 4.79 Å². The molecule has 142 valence electrons. The topological polar surface area (TPSA) is 120 Å². The molecule has 27 heavy (non-hydrogen) atoms. The third kappa shape index (κ3) is 4.40. The Labute approximate surface area is 158 Å². The van der Waals surface area contributed by atoms with Crippen LogP contribution in [0.25, 0.3) is 0 Å². The smallest absolute Gasteiger partial charge is 0.346 e. The molecule has 1 amide bonds. The van der Waals surface area contributed by atoms with E-state index in [9.17, 15) is 14.4 Å². The van der Waals surface area contributed by atoms with Crippen molar-refractivity contribution >= 4 is 29.3 Å². The number of anilines is 1. The zero-order valence-electron chi connectivity index (χ0n) is 14.7. The minimum absolute atomic E-state index is 0.0473. The van der Waals surface area contributed by atoms with E-state index in [4.69, 9.17) is 14.2 Å². The molecule has 0 atom stereocenters. The van der Waals surface area contributed by atoms with Crippen LogP contribution in [0.3, 0.4) is 0 Å². The Morgan fingerprint density at radius 2 is 2.04 bits per heavy atom. The van der Waals surface area contributed by atoms with Gasteiger partial charge in [-0.25, -0.2) is 9.59 Å². The number of amides is 1. The third-order valence-corrected chi connectivity index (χ3v) is 4.62. The molecular weight excluding hydrogens is 374 g/mol. The third-order valence-electron chi connectivity index (χ3n) is 3.64. The van der Waals surface area contributed by atoms with Crippen LogP contribution >= 0.6 is 11.8 Å². The molecule has 1 aliphatic rings. The fourth-order valence-electron chi connectivity index (χ4n) is 2.46. The van der Waals surface area contributed by atoms with Crippen LogP contribution in [-0.2, 0) is 9.53 Å². The van der Waals surface area contributed by atoms with Crippen LogP contribution in [0.4, 0.5) is 5.69 Å². The molecule has 0 aliphatic carbocycles. The van der Waals surface area contributed by atoms with Crippen molar-refractivity contribution < 1.29 is 23.8 Å². The Bertz CT molecular complexity index is 943. The van der Waals surface area contributed by atoms with Crippen LogP contribution in [0.1, 0.15) is 16.1 Å². The van der Waals surface area contributed by atoms with Gasteiger partial charge < -0.3 is 24.5 Å². The first-order chi connectivity index (χ1) is 13.0. The maximum atomic E-state index is 12.2. The number of methoxy groups -OCH3 is 1. The summed E-state index contributed by atoms with van der Waals surface area (Å²) < 4.78 is 15.6. The van der Waals surface area contributed by atoms with E-state index in [2.05, 4.69) is 15.3 Å². The molecule has 0 radical (unpaired) electrons. The van der Waals surface area contributed by atoms with E-state index < -0.39 is 11.7 Å². The van der Waals surface area contributed by atoms with Crippen LogP contribution in [0.2, 0.25) is 0 Å². The van der Waals surface area contributed by atoms with Gasteiger partial charge in [0.15, 0.2) is 11.5 Å². The highest BCUT2D eigenvalue weighted by molar-refractivity contribution is 8.00. The molecule has 0 fully saturated rings. The Kier molecular flexibility index (Phi) is 5.65. The summed E-state index contributed by atoms with van der Waals surface area (Å²) in [5, 5.41) is 2.87. The molecule has 3 rings (SSSR count). The first-order valence-electron chi connectivity index (χ1n) is 7.99. The zero-order valence-corrected chi connectivity index (χ0v) is 15.5. The van der Waals surface area contributed by atoms with E-state index in [1.807, 2.05) is 0 Å². The number of rotatable bonds is 5. The highest BCUT2D eigenvalue weighted by Gasteiger charge is 2.20. The molecule has 2 heterocycles. The van der Waals surface area contributed by atoms with Crippen molar-refractivity contribution in [3.8, 4) is 11.5 Å². The highest BCUT2D eigenvalue weighted by atomic mass is 32.2. The number of carbonyl (C=O) groups excluding carboxylic acids is 2. The van der Waals surface area contributed by atoms with Crippen molar-refractivity contribution in [2.45, 2.75) is 11.9 Å². The molecule has 0 spiro atoms. The number of ether oxygens (including phenoxy) is 3. The maximum Gasteiger partial charge on any atom is 0.346 e. The first kappa shape index (κ1) is 18.8. The van der Waals surface area contributed by atoms with Gasteiger partial charge >= 0.3 is 11.7 Å². The SMILES string of the molecule is COC(=O)c1c(SCC(=O)Nc2ccc3c(c2)OCCO3)nc(=O)[nH]c1C. The number of carbonyl (C=O) groups is 2. The van der Waals surface area contributed by atoms with Crippen molar-refractivity contribution in [1.82, 2.24) is 9.97 Å². The number of nitrogens with zero attached hydrogens (tertiary/aromatic N) is 1. The van der Waals surface area contributed by atoms with Crippen molar-refractivity contribution in [3.63, 3.8) is 0 Å². The Balaban J connectivity index is 1.69. The molecule has 0 bridgehead atoms. The quantitative estimate of drug-likeness (QED) is 0.445. The molecule has 0 saturated heterocycles. The lowest BCUT2D eigenvalue weighted by Gasteiger charge is -2.19. The van der Waals surface area contributed by atoms with Crippen LogP contribution in [0, 0.1) is 6.92 Å². The second-order valence-electron chi connectivity index (χ2n) is 5.53. The van der Waals surface area contributed by atoms with E-state index in [1.54, 1.807) is 25.1 Å². The maximum absolute atomic E-state index is 12.2. The molecule has 1 aliphatic heterocycles. The average Bonchev–Trinajstić information content (AvgIpc) is 2.65. The molecule has 2 aromatic rings. The Morgan fingerprint density at radius 1 is 1.30 bits per heavy atom. The second kappa shape index (κ2) is 8.12. The van der Waals surface area contributed by atoms with Gasteiger partial charge in [0.25, 0.3) is 0 Å². The fraction of sp³-hybridized carbons (Fsp3) is 0.294. The summed E-state index contributed by atoms with van der Waals surface area (Å²) in [6.45, 7) is 2.50. The van der Waals surface area contributed by atoms with Crippen molar-refractivity contribution in [2.75, 3.05) is 31.4 Å². The normalized spacial score (nSPS) is 12.4. The number of fused-ring (bicyclic) bond motifs is 1. The van der Waals surface area contributed by atoms with Crippen LogP contribution < -0.4 is 20.5 Å². The minimum Gasteiger partial charge on any atom is -0.486 e. The lowest BCUT2D eigenvalue weighted by molar-refractivity contribution is -0.113. The Morgan fingerprint density at radius 3 is 2.78 bits per heavy atom. The number of benzene rings is 1. The standard InChI is InChI=1S/C17H17N3O6S/c1-9-14(16(22)24-2)15(20-17(23)18-9)27-8-13(21)19-10-3-4-11-12(7-10)26-6-5-25-11/h3-4,7H,5-6,8H2,1-2H3,(H,19,21)(H,18,20,23). The summed E-state index contributed by atoms with van der Waals surface area (Å²) >= 11 is 0.975. The largest absolute Gasteiger partial charge is 0.486 e. The van der Waals surface area contributed by atoms with E-state index >= 15 is 0 Å². The average molecular weight is 391 g/mol. The number of nitrogens with one attached hydrogen (secondary N) is 2. The summed E-state index contributed by atoms with van der Waals surface area (Å²) in [4.78, 5) is 42.0. The monoisotopic (exact) mass is 391 g/mol. The van der Waals surface area contributed by atoms with Crippen molar-refractivity contribution in [3.05, 3.63) is 39.9 Å². The van der Waals surface area contributed by atoms with Crippen LogP contribution in [0.5, 0.6) is 11.5 Å².